The Kier molecular flexibility index (Phi) is 6.55. The van der Waals surface area contributed by atoms with Gasteiger partial charge >= 0.3 is 5.63 Å². The highest BCUT2D eigenvalue weighted by Gasteiger charge is 2.42. The van der Waals surface area contributed by atoms with Crippen LogP contribution in [0.15, 0.2) is 63.2 Å². The van der Waals surface area contributed by atoms with Crippen molar-refractivity contribution in [3.8, 4) is 0 Å². The molecular weight excluding hydrogens is 510 g/mol. The number of carbonyl (C=O) groups excluding carboxylic acids is 2. The molecule has 9 heteroatoms. The minimum Gasteiger partial charge on any atom is -0.422 e. The summed E-state index contributed by atoms with van der Waals surface area (Å²) in [5.41, 5.74) is 3.75. The van der Waals surface area contributed by atoms with Gasteiger partial charge in [-0.2, -0.15) is 0 Å². The summed E-state index contributed by atoms with van der Waals surface area (Å²) in [7, 11) is 0. The van der Waals surface area contributed by atoms with Gasteiger partial charge in [-0.05, 0) is 59.9 Å². The molecule has 0 saturated heterocycles. The van der Waals surface area contributed by atoms with Gasteiger partial charge in [-0.15, -0.1) is 5.06 Å². The molecule has 1 aromatic carbocycles. The minimum atomic E-state index is -0.938. The molecule has 3 aliphatic heterocycles. The van der Waals surface area contributed by atoms with Crippen LogP contribution in [0.5, 0.6) is 0 Å². The van der Waals surface area contributed by atoms with Crippen LogP contribution in [0.4, 0.5) is 5.69 Å². The number of benzene rings is 1. The second-order valence-corrected chi connectivity index (χ2v) is 11.6. The molecule has 2 aromatic rings. The van der Waals surface area contributed by atoms with Crippen molar-refractivity contribution < 1.29 is 23.9 Å². The van der Waals surface area contributed by atoms with Crippen LogP contribution in [0.3, 0.4) is 0 Å². The molecule has 0 N–H and O–H groups in total. The molecule has 0 bridgehead atoms. The number of fused-ring (bicyclic) bond motifs is 2. The quantitative estimate of drug-likeness (QED) is 0.0942. The Morgan fingerprint density at radius 2 is 1.77 bits per heavy atom. The molecule has 0 radical (unpaired) electrons. The Morgan fingerprint density at radius 1 is 1.07 bits per heavy atom. The first kappa shape index (κ1) is 27.2. The molecule has 40 heavy (non-hydrogen) atoms. The molecular formula is C31H31N3O6. The minimum absolute atomic E-state index is 0.0226. The van der Waals surface area contributed by atoms with Crippen molar-refractivity contribution >= 4 is 34.5 Å². The van der Waals surface area contributed by atoms with Crippen molar-refractivity contribution in [3.05, 3.63) is 92.5 Å². The third-order valence-corrected chi connectivity index (χ3v) is 8.16. The Hall–Kier alpha value is -4.42. The van der Waals surface area contributed by atoms with Crippen LogP contribution < -0.4 is 10.5 Å². The number of anilines is 1. The van der Waals surface area contributed by atoms with Crippen molar-refractivity contribution in [1.82, 2.24) is 5.06 Å². The van der Waals surface area contributed by atoms with E-state index >= 15 is 0 Å². The summed E-state index contributed by atoms with van der Waals surface area (Å²) >= 11 is 0. The van der Waals surface area contributed by atoms with Crippen LogP contribution in [0, 0.1) is 6.57 Å². The molecule has 0 fully saturated rings. The van der Waals surface area contributed by atoms with Crippen LogP contribution in [0.2, 0.25) is 0 Å². The first-order chi connectivity index (χ1) is 18.9. The van der Waals surface area contributed by atoms with E-state index in [1.54, 1.807) is 6.08 Å². The van der Waals surface area contributed by atoms with E-state index in [0.29, 0.717) is 16.2 Å². The van der Waals surface area contributed by atoms with E-state index in [1.807, 2.05) is 6.07 Å². The third-order valence-electron chi connectivity index (χ3n) is 8.16. The van der Waals surface area contributed by atoms with Crippen molar-refractivity contribution in [1.29, 1.82) is 0 Å². The summed E-state index contributed by atoms with van der Waals surface area (Å²) in [6, 6.07) is 3.96. The summed E-state index contributed by atoms with van der Waals surface area (Å²) in [6.07, 6.45) is 7.38. The smallest absolute Gasteiger partial charge is 0.343 e. The summed E-state index contributed by atoms with van der Waals surface area (Å²) in [6.45, 7) is 23.0. The van der Waals surface area contributed by atoms with Gasteiger partial charge in [0.2, 0.25) is 0 Å². The molecule has 5 rings (SSSR count). The molecule has 0 unspecified atom stereocenters. The van der Waals surface area contributed by atoms with Crippen molar-refractivity contribution in [2.24, 2.45) is 0 Å². The maximum absolute atomic E-state index is 13.2. The van der Waals surface area contributed by atoms with Crippen LogP contribution in [0.1, 0.15) is 64.2 Å². The second-order valence-electron chi connectivity index (χ2n) is 11.6. The Bertz CT molecular complexity index is 1660. The van der Waals surface area contributed by atoms with Gasteiger partial charge in [-0.3, -0.25) is 9.59 Å². The third kappa shape index (κ3) is 4.25. The topological polar surface area (TPSA) is 93.7 Å². The van der Waals surface area contributed by atoms with Crippen LogP contribution in [0.25, 0.3) is 21.9 Å². The van der Waals surface area contributed by atoms with Crippen molar-refractivity contribution in [3.63, 3.8) is 0 Å². The monoisotopic (exact) mass is 541 g/mol. The number of nitrogens with zero attached hydrogens (tertiary/aromatic N) is 3. The number of hydrogen-bond acceptors (Lipinski definition) is 7. The number of rotatable bonds is 5. The van der Waals surface area contributed by atoms with Gasteiger partial charge in [-0.1, -0.05) is 51.4 Å². The number of hydroxylamine groups is 2. The van der Waals surface area contributed by atoms with Gasteiger partial charge in [0, 0.05) is 35.3 Å². The second kappa shape index (κ2) is 9.65. The molecule has 0 aliphatic carbocycles. The molecule has 206 valence electrons. The molecule has 2 amide bonds. The predicted octanol–water partition coefficient (Wildman–Crippen LogP) is 5.47. The molecule has 3 aliphatic rings. The SMILES string of the molecule is [C-]#[N+]C1=C(C)/C(=C/C=C/c2cc3cc4c5c(c3oc2=O)C(C)(C)CCN5CCC4(C)C)C(=O)N(OOC=C)C1=O. The predicted molar refractivity (Wildman–Crippen MR) is 151 cm³/mol. The lowest BCUT2D eigenvalue weighted by Crippen LogP contribution is -2.44. The zero-order valence-corrected chi connectivity index (χ0v) is 23.3. The lowest BCUT2D eigenvalue weighted by Gasteiger charge is -2.48. The first-order valence-corrected chi connectivity index (χ1v) is 13.1. The average Bonchev–Trinajstić information content (AvgIpc) is 2.89. The Labute approximate surface area is 232 Å². The van der Waals surface area contributed by atoms with E-state index in [-0.39, 0.29) is 27.7 Å². The maximum atomic E-state index is 13.2. The lowest BCUT2D eigenvalue weighted by molar-refractivity contribution is -0.363. The fourth-order valence-electron chi connectivity index (χ4n) is 5.75. The normalized spacial score (nSPS) is 20.8. The highest BCUT2D eigenvalue weighted by molar-refractivity contribution is 6.16. The summed E-state index contributed by atoms with van der Waals surface area (Å²) in [5, 5.41) is 1.20. The van der Waals surface area contributed by atoms with E-state index in [0.717, 1.165) is 43.1 Å². The standard InChI is InChI=1S/C31H31N3O6/c1-8-38-40-34-27(35)21(18(2)24(32-7)28(34)36)11-9-10-19-16-20-17-22-25-23(26(20)39-29(19)37)31(5,6)13-15-33(25)14-12-30(22,3)4/h8-11,16-17H,1,12-15H2,2-6H3/b10-9+,21-11-. The fraction of sp³-hybridized carbons (Fsp3) is 0.355. The molecule has 0 saturated carbocycles. The van der Waals surface area contributed by atoms with Gasteiger partial charge in [0.1, 0.15) is 11.8 Å². The number of amides is 2. The van der Waals surface area contributed by atoms with Gasteiger partial charge in [0.15, 0.2) is 0 Å². The van der Waals surface area contributed by atoms with Gasteiger partial charge in [-0.25, -0.2) is 9.64 Å². The molecule has 0 spiro atoms. The van der Waals surface area contributed by atoms with Crippen LogP contribution in [-0.2, 0) is 30.3 Å². The Morgan fingerprint density at radius 3 is 2.45 bits per heavy atom. The van der Waals surface area contributed by atoms with E-state index < -0.39 is 17.4 Å². The van der Waals surface area contributed by atoms with E-state index in [2.05, 4.69) is 55.0 Å². The summed E-state index contributed by atoms with van der Waals surface area (Å²) < 4.78 is 5.99. The summed E-state index contributed by atoms with van der Waals surface area (Å²) in [4.78, 5) is 53.4. The number of carbonyl (C=O) groups is 2. The summed E-state index contributed by atoms with van der Waals surface area (Å²) in [5.74, 6) is -1.75. The fourth-order valence-corrected chi connectivity index (χ4v) is 5.75. The van der Waals surface area contributed by atoms with Crippen LogP contribution in [-0.4, -0.2) is 30.0 Å². The molecule has 9 nitrogen and oxygen atoms in total. The van der Waals surface area contributed by atoms with Crippen molar-refractivity contribution in [2.75, 3.05) is 18.0 Å². The van der Waals surface area contributed by atoms with Crippen molar-refractivity contribution in [2.45, 2.75) is 58.3 Å². The number of imide groups is 1. The molecule has 1 aromatic heterocycles. The maximum Gasteiger partial charge on any atom is 0.343 e. The Balaban J connectivity index is 1.60. The van der Waals surface area contributed by atoms with Gasteiger partial charge < -0.3 is 14.2 Å². The largest absolute Gasteiger partial charge is 0.422 e. The average molecular weight is 542 g/mol. The number of allylic oxidation sites excluding steroid dienone is 2. The van der Waals surface area contributed by atoms with Gasteiger partial charge in [0.05, 0.1) is 12.1 Å². The lowest BCUT2D eigenvalue weighted by atomic mass is 9.69. The van der Waals surface area contributed by atoms with Crippen LogP contribution >= 0.6 is 0 Å². The zero-order valence-electron chi connectivity index (χ0n) is 23.3. The highest BCUT2D eigenvalue weighted by Crippen LogP contribution is 2.51. The van der Waals surface area contributed by atoms with E-state index in [4.69, 9.17) is 16.0 Å². The van der Waals surface area contributed by atoms with E-state index in [9.17, 15) is 14.4 Å². The molecule has 4 heterocycles. The number of hydrogen-bond donors (Lipinski definition) is 0. The van der Waals surface area contributed by atoms with E-state index in [1.165, 1.54) is 30.3 Å². The highest BCUT2D eigenvalue weighted by atomic mass is 17.3. The zero-order chi connectivity index (χ0) is 29.0. The first-order valence-electron chi connectivity index (χ1n) is 13.1. The van der Waals surface area contributed by atoms with Gasteiger partial charge in [0.25, 0.3) is 17.5 Å². The molecule has 0 atom stereocenters.